The van der Waals surface area contributed by atoms with Crippen LogP contribution < -0.4 is 16.0 Å². The van der Waals surface area contributed by atoms with E-state index in [0.29, 0.717) is 11.3 Å². The Hall–Kier alpha value is -2.91. The lowest BCUT2D eigenvalue weighted by atomic mass is 10.1. The van der Waals surface area contributed by atoms with Crippen molar-refractivity contribution in [3.05, 3.63) is 65.7 Å². The molecule has 9 heteroatoms. The van der Waals surface area contributed by atoms with Crippen LogP contribution in [0.4, 0.5) is 10.5 Å². The number of nitrogens with two attached hydrogens (primary N) is 1. The second-order valence-electron chi connectivity index (χ2n) is 6.89. The first kappa shape index (κ1) is 20.8. The minimum Gasteiger partial charge on any atom is -0.443 e. The molecule has 0 aromatic heterocycles. The van der Waals surface area contributed by atoms with Gasteiger partial charge in [-0.1, -0.05) is 42.5 Å². The summed E-state index contributed by atoms with van der Waals surface area (Å²) in [5, 5.41) is 9.78. The van der Waals surface area contributed by atoms with E-state index in [0.717, 1.165) is 5.56 Å². The van der Waals surface area contributed by atoms with Gasteiger partial charge in [-0.15, -0.1) is 0 Å². The molecule has 1 fully saturated rings. The van der Waals surface area contributed by atoms with Gasteiger partial charge in [0.2, 0.25) is 0 Å². The Kier molecular flexibility index (Phi) is 6.19. The maximum absolute atomic E-state index is 12.5. The van der Waals surface area contributed by atoms with E-state index in [9.17, 15) is 13.2 Å². The molecular weight excluding hydrogens is 392 g/mol. The van der Waals surface area contributed by atoms with Gasteiger partial charge >= 0.3 is 6.09 Å². The van der Waals surface area contributed by atoms with E-state index in [1.54, 1.807) is 43.3 Å². The van der Waals surface area contributed by atoms with E-state index in [1.165, 1.54) is 4.90 Å². The molecule has 0 saturated carbocycles. The molecule has 0 aliphatic carbocycles. The molecule has 3 rings (SSSR count). The number of amidine groups is 1. The van der Waals surface area contributed by atoms with Crippen molar-refractivity contribution >= 4 is 27.5 Å². The minimum absolute atomic E-state index is 0.0876. The molecule has 1 amide bonds. The summed E-state index contributed by atoms with van der Waals surface area (Å²) in [6, 6.07) is 15.8. The van der Waals surface area contributed by atoms with E-state index in [2.05, 4.69) is 5.32 Å². The maximum atomic E-state index is 12.5. The molecule has 154 valence electrons. The maximum Gasteiger partial charge on any atom is 0.414 e. The predicted octanol–water partition coefficient (Wildman–Crippen LogP) is 2.02. The Balaban J connectivity index is 1.56. The molecule has 0 radical (unpaired) electrons. The van der Waals surface area contributed by atoms with E-state index < -0.39 is 27.3 Å². The molecule has 2 aromatic rings. The summed E-state index contributed by atoms with van der Waals surface area (Å²) in [5.41, 5.74) is 7.32. The number of nitrogens with zero attached hydrogens (tertiary/aromatic N) is 1. The lowest BCUT2D eigenvalue weighted by Crippen LogP contribution is -2.35. The number of ether oxygens (including phenoxy) is 1. The lowest BCUT2D eigenvalue weighted by molar-refractivity contribution is 0.141. The third-order valence-corrected chi connectivity index (χ3v) is 6.78. The Bertz CT molecular complexity index is 995. The second kappa shape index (κ2) is 8.62. The molecule has 0 spiro atoms. The number of carbonyl (C=O) groups excluding carboxylic acids is 1. The SMILES string of the molecule is CC(c1ccccc1)S(=O)(=O)CNCC1CN(c2cccc(C(=N)N)c2)C(=O)O1. The van der Waals surface area contributed by atoms with Crippen LogP contribution in [0.5, 0.6) is 0 Å². The van der Waals surface area contributed by atoms with Gasteiger partial charge in [0.15, 0.2) is 9.84 Å². The topological polar surface area (TPSA) is 126 Å². The fourth-order valence-electron chi connectivity index (χ4n) is 3.10. The van der Waals surface area contributed by atoms with E-state index in [1.807, 2.05) is 18.2 Å². The molecule has 4 N–H and O–H groups in total. The number of nitrogen functional groups attached to an aromatic ring is 1. The summed E-state index contributed by atoms with van der Waals surface area (Å²) in [5.74, 6) is -0.299. The van der Waals surface area contributed by atoms with Crippen LogP contribution in [0.1, 0.15) is 23.3 Å². The van der Waals surface area contributed by atoms with Gasteiger partial charge in [0.05, 0.1) is 17.7 Å². The van der Waals surface area contributed by atoms with Crippen molar-refractivity contribution in [2.75, 3.05) is 23.9 Å². The summed E-state index contributed by atoms with van der Waals surface area (Å²) in [4.78, 5) is 13.6. The van der Waals surface area contributed by atoms with Gasteiger partial charge in [0.1, 0.15) is 11.9 Å². The summed E-state index contributed by atoms with van der Waals surface area (Å²) in [6.07, 6.45) is -0.997. The van der Waals surface area contributed by atoms with Crippen LogP contribution in [0.2, 0.25) is 0 Å². The van der Waals surface area contributed by atoms with E-state index in [4.69, 9.17) is 15.9 Å². The van der Waals surface area contributed by atoms with Crippen LogP contribution in [0, 0.1) is 5.41 Å². The van der Waals surface area contributed by atoms with Gasteiger partial charge < -0.3 is 10.5 Å². The molecular formula is C20H24N4O4S. The number of carbonyl (C=O) groups is 1. The molecule has 1 heterocycles. The number of anilines is 1. The van der Waals surface area contributed by atoms with Crippen molar-refractivity contribution in [3.8, 4) is 0 Å². The first-order valence-electron chi connectivity index (χ1n) is 9.18. The lowest BCUT2D eigenvalue weighted by Gasteiger charge is -2.16. The van der Waals surface area contributed by atoms with Gasteiger partial charge in [-0.2, -0.15) is 0 Å². The predicted molar refractivity (Wildman–Crippen MR) is 112 cm³/mol. The number of hydrogen-bond donors (Lipinski definition) is 3. The zero-order valence-corrected chi connectivity index (χ0v) is 16.9. The number of cyclic esters (lactones) is 1. The first-order chi connectivity index (χ1) is 13.8. The third kappa shape index (κ3) is 4.93. The minimum atomic E-state index is -3.40. The summed E-state index contributed by atoms with van der Waals surface area (Å²) in [6.45, 7) is 2.16. The van der Waals surface area contributed by atoms with Crippen molar-refractivity contribution in [3.63, 3.8) is 0 Å². The molecule has 29 heavy (non-hydrogen) atoms. The van der Waals surface area contributed by atoms with Gasteiger partial charge in [-0.05, 0) is 24.6 Å². The average Bonchev–Trinajstić information content (AvgIpc) is 3.08. The first-order valence-corrected chi connectivity index (χ1v) is 10.9. The Morgan fingerprint density at radius 1 is 1.28 bits per heavy atom. The standard InChI is InChI=1S/C20H24N4O4S/c1-14(15-6-3-2-4-7-15)29(26,27)13-23-11-18-12-24(20(25)28-18)17-9-5-8-16(10-17)19(21)22/h2-10,14,18,23H,11-13H2,1H3,(H3,21,22). The molecule has 0 bridgehead atoms. The molecule has 2 unspecified atom stereocenters. The monoisotopic (exact) mass is 416 g/mol. The van der Waals surface area contributed by atoms with Gasteiger partial charge in [-0.3, -0.25) is 15.6 Å². The molecule has 1 aliphatic heterocycles. The van der Waals surface area contributed by atoms with Crippen LogP contribution in [0.3, 0.4) is 0 Å². The zero-order valence-electron chi connectivity index (χ0n) is 16.0. The van der Waals surface area contributed by atoms with Crippen LogP contribution in [-0.4, -0.2) is 45.4 Å². The van der Waals surface area contributed by atoms with Gasteiger partial charge in [0, 0.05) is 17.8 Å². The van der Waals surface area contributed by atoms with Gasteiger partial charge in [0.25, 0.3) is 0 Å². The van der Waals surface area contributed by atoms with Crippen molar-refractivity contribution < 1.29 is 17.9 Å². The second-order valence-corrected chi connectivity index (χ2v) is 9.22. The van der Waals surface area contributed by atoms with Crippen LogP contribution in [0.15, 0.2) is 54.6 Å². The molecule has 8 nitrogen and oxygen atoms in total. The number of nitrogens with one attached hydrogen (secondary N) is 2. The number of benzene rings is 2. The fraction of sp³-hybridized carbons (Fsp3) is 0.300. The van der Waals surface area contributed by atoms with Gasteiger partial charge in [-0.25, -0.2) is 13.2 Å². The van der Waals surface area contributed by atoms with E-state index in [-0.39, 0.29) is 24.8 Å². The highest BCUT2D eigenvalue weighted by Crippen LogP contribution is 2.23. The summed E-state index contributed by atoms with van der Waals surface area (Å²) >= 11 is 0. The largest absolute Gasteiger partial charge is 0.443 e. The Morgan fingerprint density at radius 3 is 2.69 bits per heavy atom. The van der Waals surface area contributed by atoms with Crippen molar-refractivity contribution in [1.82, 2.24) is 5.32 Å². The molecule has 2 atom stereocenters. The van der Waals surface area contributed by atoms with Crippen molar-refractivity contribution in [2.45, 2.75) is 18.3 Å². The van der Waals surface area contributed by atoms with Crippen LogP contribution >= 0.6 is 0 Å². The molecule has 2 aromatic carbocycles. The number of sulfone groups is 1. The smallest absolute Gasteiger partial charge is 0.414 e. The Morgan fingerprint density at radius 2 is 2.00 bits per heavy atom. The number of amides is 1. The Labute approximate surface area is 170 Å². The highest BCUT2D eigenvalue weighted by Gasteiger charge is 2.33. The summed E-state index contributed by atoms with van der Waals surface area (Å²) in [7, 11) is -3.40. The summed E-state index contributed by atoms with van der Waals surface area (Å²) < 4.78 is 30.4. The normalized spacial score (nSPS) is 17.8. The number of rotatable bonds is 8. The van der Waals surface area contributed by atoms with Crippen molar-refractivity contribution in [2.24, 2.45) is 5.73 Å². The highest BCUT2D eigenvalue weighted by molar-refractivity contribution is 7.91. The quantitative estimate of drug-likeness (QED) is 0.446. The highest BCUT2D eigenvalue weighted by atomic mass is 32.2. The average molecular weight is 417 g/mol. The molecule has 1 saturated heterocycles. The fourth-order valence-corrected chi connectivity index (χ4v) is 4.32. The van der Waals surface area contributed by atoms with Crippen LogP contribution in [0.25, 0.3) is 0 Å². The third-order valence-electron chi connectivity index (χ3n) is 4.83. The van der Waals surface area contributed by atoms with Crippen LogP contribution in [-0.2, 0) is 14.6 Å². The zero-order chi connectivity index (χ0) is 21.0. The number of hydrogen-bond acceptors (Lipinski definition) is 6. The van der Waals surface area contributed by atoms with E-state index >= 15 is 0 Å². The molecule has 1 aliphatic rings. The van der Waals surface area contributed by atoms with Crippen molar-refractivity contribution in [1.29, 1.82) is 5.41 Å².